The maximum atomic E-state index is 12.3. The van der Waals surface area contributed by atoms with Gasteiger partial charge in [0.15, 0.2) is 0 Å². The summed E-state index contributed by atoms with van der Waals surface area (Å²) in [5, 5.41) is 0. The van der Waals surface area contributed by atoms with Crippen LogP contribution in [0.5, 0.6) is 0 Å². The van der Waals surface area contributed by atoms with Gasteiger partial charge < -0.3 is 4.90 Å². The van der Waals surface area contributed by atoms with Crippen molar-refractivity contribution in [1.29, 1.82) is 0 Å². The number of rotatable bonds is 17. The highest BCUT2D eigenvalue weighted by Crippen LogP contribution is 2.24. The topological polar surface area (TPSA) is 20.3 Å². The molecule has 0 bridgehead atoms. The smallest absolute Gasteiger partial charge is 0.249 e. The Labute approximate surface area is 177 Å². The molecule has 0 N–H and O–H groups in total. The molecule has 0 rings (SSSR count). The highest BCUT2D eigenvalue weighted by molar-refractivity contribution is 5.92. The molecule has 0 heterocycles. The summed E-state index contributed by atoms with van der Waals surface area (Å²) in [5.74, 6) is 0.104. The number of hydrogen-bond acceptors (Lipinski definition) is 1. The third-order valence-electron chi connectivity index (χ3n) is 5.55. The first kappa shape index (κ1) is 28.7. The lowest BCUT2D eigenvalue weighted by Crippen LogP contribution is -2.47. The second-order valence-electron chi connectivity index (χ2n) is 8.63. The fourth-order valence-corrected chi connectivity index (χ4v) is 3.79. The van der Waals surface area contributed by atoms with Crippen molar-refractivity contribution >= 4 is 18.3 Å². The summed E-state index contributed by atoms with van der Waals surface area (Å²) >= 11 is 0. The lowest BCUT2D eigenvalue weighted by Gasteiger charge is -2.38. The molecule has 0 saturated heterocycles. The van der Waals surface area contributed by atoms with Crippen molar-refractivity contribution in [2.24, 2.45) is 0 Å². The molecule has 0 unspecified atom stereocenters. The van der Waals surface area contributed by atoms with Gasteiger partial charge in [-0.1, -0.05) is 97.0 Å². The lowest BCUT2D eigenvalue weighted by molar-refractivity contribution is -0.132. The van der Waals surface area contributed by atoms with Crippen molar-refractivity contribution in [3.05, 3.63) is 12.2 Å². The molecule has 0 saturated carbocycles. The van der Waals surface area contributed by atoms with Crippen molar-refractivity contribution in [3.63, 3.8) is 0 Å². The molecule has 0 fully saturated rings. The van der Waals surface area contributed by atoms with Crippen LogP contribution in [-0.4, -0.2) is 22.9 Å². The van der Waals surface area contributed by atoms with E-state index in [4.69, 9.17) is 0 Å². The Morgan fingerprint density at radius 3 is 1.48 bits per heavy atom. The monoisotopic (exact) mass is 401 g/mol. The molecule has 2 nitrogen and oxygen atoms in total. The van der Waals surface area contributed by atoms with Gasteiger partial charge in [0.05, 0.1) is 0 Å². The van der Waals surface area contributed by atoms with Crippen LogP contribution in [0.2, 0.25) is 0 Å². The Kier molecular flexibility index (Phi) is 18.7. The molecule has 0 atom stereocenters. The number of unbranched alkanes of at least 4 members (excludes halogenated alkanes) is 12. The standard InChI is InChI=1S/C24H47NO.ClH/c1-7-9-10-11-12-13-14-15-16-17-18-19-20-21-24(5,6)25(8-2)23(26)22(3)4;/h3,7-21H2,1-2,4-6H3;1H. The van der Waals surface area contributed by atoms with Gasteiger partial charge in [-0.3, -0.25) is 4.79 Å². The van der Waals surface area contributed by atoms with Crippen molar-refractivity contribution in [2.75, 3.05) is 6.54 Å². The molecule has 0 aliphatic heterocycles. The zero-order chi connectivity index (χ0) is 19.8. The van der Waals surface area contributed by atoms with E-state index < -0.39 is 0 Å². The van der Waals surface area contributed by atoms with Gasteiger partial charge in [0.1, 0.15) is 0 Å². The minimum Gasteiger partial charge on any atom is -0.334 e. The summed E-state index contributed by atoms with van der Waals surface area (Å²) in [5.41, 5.74) is 0.577. The molecule has 0 aromatic rings. The van der Waals surface area contributed by atoms with Crippen LogP contribution in [0.25, 0.3) is 0 Å². The Morgan fingerprint density at radius 1 is 0.778 bits per heavy atom. The number of halogens is 1. The Bertz CT molecular complexity index is 379. The predicted octanol–water partition coefficient (Wildman–Crippen LogP) is 8.09. The van der Waals surface area contributed by atoms with Crippen molar-refractivity contribution < 1.29 is 4.79 Å². The van der Waals surface area contributed by atoms with E-state index in [0.717, 1.165) is 13.0 Å². The molecular formula is C24H48ClNO. The van der Waals surface area contributed by atoms with Crippen molar-refractivity contribution in [2.45, 2.75) is 130 Å². The highest BCUT2D eigenvalue weighted by Gasteiger charge is 2.29. The average molecular weight is 402 g/mol. The molecule has 0 aliphatic carbocycles. The van der Waals surface area contributed by atoms with Gasteiger partial charge in [0, 0.05) is 17.7 Å². The maximum absolute atomic E-state index is 12.3. The zero-order valence-electron chi connectivity index (χ0n) is 19.1. The first-order valence-corrected chi connectivity index (χ1v) is 11.3. The van der Waals surface area contributed by atoms with Crippen LogP contribution in [0.3, 0.4) is 0 Å². The Hall–Kier alpha value is -0.500. The van der Waals surface area contributed by atoms with E-state index in [1.54, 1.807) is 0 Å². The molecule has 0 aliphatic rings. The fourth-order valence-electron chi connectivity index (χ4n) is 3.79. The minimum atomic E-state index is -0.0669. The second kappa shape index (κ2) is 17.6. The molecule has 27 heavy (non-hydrogen) atoms. The van der Waals surface area contributed by atoms with E-state index in [0.29, 0.717) is 5.57 Å². The third kappa shape index (κ3) is 14.2. The summed E-state index contributed by atoms with van der Waals surface area (Å²) in [7, 11) is 0. The number of amides is 1. The van der Waals surface area contributed by atoms with E-state index in [9.17, 15) is 4.79 Å². The van der Waals surface area contributed by atoms with E-state index in [2.05, 4.69) is 34.3 Å². The van der Waals surface area contributed by atoms with Crippen LogP contribution >= 0.6 is 12.4 Å². The number of hydrogen-bond donors (Lipinski definition) is 0. The highest BCUT2D eigenvalue weighted by atomic mass is 35.5. The van der Waals surface area contributed by atoms with Crippen LogP contribution in [-0.2, 0) is 4.79 Å². The van der Waals surface area contributed by atoms with E-state index in [1.165, 1.54) is 83.5 Å². The number of carbonyl (C=O) groups is 1. The first-order chi connectivity index (χ1) is 12.4. The molecule has 0 aromatic carbocycles. The average Bonchev–Trinajstić information content (AvgIpc) is 2.59. The molecule has 0 radical (unpaired) electrons. The van der Waals surface area contributed by atoms with Gasteiger partial charge in [-0.05, 0) is 34.1 Å². The van der Waals surface area contributed by atoms with Gasteiger partial charge in [-0.2, -0.15) is 0 Å². The lowest BCUT2D eigenvalue weighted by atomic mass is 9.93. The third-order valence-corrected chi connectivity index (χ3v) is 5.55. The van der Waals surface area contributed by atoms with Gasteiger partial charge in [0.2, 0.25) is 5.91 Å². The van der Waals surface area contributed by atoms with Gasteiger partial charge in [-0.25, -0.2) is 0 Å². The van der Waals surface area contributed by atoms with E-state index in [-0.39, 0.29) is 23.9 Å². The molecule has 0 aromatic heterocycles. The fraction of sp³-hybridized carbons (Fsp3) is 0.875. The van der Waals surface area contributed by atoms with E-state index >= 15 is 0 Å². The first-order valence-electron chi connectivity index (χ1n) is 11.3. The molecular weight excluding hydrogens is 354 g/mol. The Morgan fingerprint density at radius 2 is 1.15 bits per heavy atom. The van der Waals surface area contributed by atoms with Gasteiger partial charge >= 0.3 is 0 Å². The summed E-state index contributed by atoms with van der Waals surface area (Å²) in [6, 6.07) is 0. The molecule has 3 heteroatoms. The van der Waals surface area contributed by atoms with E-state index in [1.807, 2.05) is 11.8 Å². The quantitative estimate of drug-likeness (QED) is 0.178. The summed E-state index contributed by atoms with van der Waals surface area (Å²) in [4.78, 5) is 14.3. The van der Waals surface area contributed by atoms with Gasteiger partial charge in [0.25, 0.3) is 0 Å². The van der Waals surface area contributed by atoms with Crippen LogP contribution in [0.15, 0.2) is 12.2 Å². The normalized spacial score (nSPS) is 11.1. The molecule has 1 amide bonds. The zero-order valence-corrected chi connectivity index (χ0v) is 19.9. The van der Waals surface area contributed by atoms with Crippen molar-refractivity contribution in [3.8, 4) is 0 Å². The Balaban J connectivity index is 0. The molecule has 0 spiro atoms. The largest absolute Gasteiger partial charge is 0.334 e. The second-order valence-corrected chi connectivity index (χ2v) is 8.63. The van der Waals surface area contributed by atoms with Crippen LogP contribution in [0.4, 0.5) is 0 Å². The van der Waals surface area contributed by atoms with Gasteiger partial charge in [-0.15, -0.1) is 12.4 Å². The number of nitrogens with zero attached hydrogens (tertiary/aromatic N) is 1. The number of carbonyl (C=O) groups excluding carboxylic acids is 1. The molecule has 162 valence electrons. The van der Waals surface area contributed by atoms with Crippen LogP contribution in [0.1, 0.15) is 125 Å². The maximum Gasteiger partial charge on any atom is 0.249 e. The predicted molar refractivity (Wildman–Crippen MR) is 124 cm³/mol. The summed E-state index contributed by atoms with van der Waals surface area (Å²) in [6.07, 6.45) is 19.0. The summed E-state index contributed by atoms with van der Waals surface area (Å²) in [6.45, 7) is 15.1. The van der Waals surface area contributed by atoms with Crippen LogP contribution < -0.4 is 0 Å². The summed E-state index contributed by atoms with van der Waals surface area (Å²) < 4.78 is 0. The minimum absolute atomic E-state index is 0. The SMILES string of the molecule is C=C(C)C(=O)N(CC)C(C)(C)CCCCCCCCCCCCCCC.Cl. The van der Waals surface area contributed by atoms with Crippen molar-refractivity contribution in [1.82, 2.24) is 4.90 Å². The number of likely N-dealkylation sites (N-methyl/N-ethyl adjacent to an activating group) is 1. The van der Waals surface area contributed by atoms with Crippen LogP contribution in [0, 0.1) is 0 Å².